The van der Waals surface area contributed by atoms with Crippen molar-refractivity contribution in [1.29, 1.82) is 0 Å². The van der Waals surface area contributed by atoms with Gasteiger partial charge in [0.1, 0.15) is 5.00 Å². The zero-order valence-corrected chi connectivity index (χ0v) is 8.67. The van der Waals surface area contributed by atoms with Crippen LogP contribution in [0.1, 0.15) is 13.3 Å². The van der Waals surface area contributed by atoms with Crippen LogP contribution in [0.15, 0.2) is 18.9 Å². The van der Waals surface area contributed by atoms with E-state index in [0.29, 0.717) is 5.00 Å². The van der Waals surface area contributed by atoms with Crippen molar-refractivity contribution in [2.24, 2.45) is 0 Å². The van der Waals surface area contributed by atoms with Crippen LogP contribution < -0.4 is 10.6 Å². The van der Waals surface area contributed by atoms with E-state index in [1.54, 1.807) is 6.08 Å². The summed E-state index contributed by atoms with van der Waals surface area (Å²) in [6.07, 6.45) is 4.01. The summed E-state index contributed by atoms with van der Waals surface area (Å²) in [6.45, 7) is 5.50. The van der Waals surface area contributed by atoms with E-state index >= 15 is 0 Å². The van der Waals surface area contributed by atoms with Crippen LogP contribution in [-0.4, -0.2) is 21.7 Å². The second-order valence-corrected chi connectivity index (χ2v) is 3.59. The first-order valence-electron chi connectivity index (χ1n) is 4.18. The minimum Gasteiger partial charge on any atom is -0.335 e. The van der Waals surface area contributed by atoms with Crippen LogP contribution in [0.3, 0.4) is 0 Å². The molecule has 1 rings (SSSR count). The smallest absolute Gasteiger partial charge is 0.320 e. The average molecular weight is 212 g/mol. The van der Waals surface area contributed by atoms with Gasteiger partial charge < -0.3 is 5.32 Å². The number of amides is 2. The number of hydrogen-bond acceptors (Lipinski definition) is 4. The van der Waals surface area contributed by atoms with E-state index in [2.05, 4.69) is 26.8 Å². The Morgan fingerprint density at radius 1 is 1.86 bits per heavy atom. The molecule has 0 saturated heterocycles. The van der Waals surface area contributed by atoms with Gasteiger partial charge >= 0.3 is 6.03 Å². The van der Waals surface area contributed by atoms with Gasteiger partial charge in [-0.3, -0.25) is 5.32 Å². The molecule has 2 N–H and O–H groups in total. The fourth-order valence-corrected chi connectivity index (χ4v) is 1.32. The minimum absolute atomic E-state index is 0.0772. The topological polar surface area (TPSA) is 66.9 Å². The van der Waals surface area contributed by atoms with E-state index in [-0.39, 0.29) is 12.1 Å². The molecule has 1 aromatic heterocycles. The van der Waals surface area contributed by atoms with Gasteiger partial charge in [-0.15, -0.1) is 11.7 Å². The van der Waals surface area contributed by atoms with Crippen LogP contribution in [0, 0.1) is 0 Å². The number of nitrogens with one attached hydrogen (secondary N) is 2. The number of nitrogens with zero attached hydrogens (tertiary/aromatic N) is 2. The van der Waals surface area contributed by atoms with Crippen molar-refractivity contribution in [1.82, 2.24) is 14.9 Å². The first-order chi connectivity index (χ1) is 6.72. The van der Waals surface area contributed by atoms with Gasteiger partial charge in [0.15, 0.2) is 0 Å². The van der Waals surface area contributed by atoms with Gasteiger partial charge in [0.2, 0.25) is 0 Å². The Bertz CT molecular complexity index is 298. The summed E-state index contributed by atoms with van der Waals surface area (Å²) in [5, 5.41) is 9.60. The third-order valence-electron chi connectivity index (χ3n) is 1.50. The molecule has 0 unspecified atom stereocenters. The third kappa shape index (κ3) is 3.53. The molecular weight excluding hydrogens is 200 g/mol. The average Bonchev–Trinajstić information content (AvgIpc) is 2.56. The highest BCUT2D eigenvalue weighted by Gasteiger charge is 2.06. The Hall–Kier alpha value is -1.43. The third-order valence-corrected chi connectivity index (χ3v) is 2.08. The Morgan fingerprint density at radius 2 is 2.64 bits per heavy atom. The molecule has 5 nitrogen and oxygen atoms in total. The van der Waals surface area contributed by atoms with Crippen LogP contribution in [-0.2, 0) is 0 Å². The van der Waals surface area contributed by atoms with Crippen LogP contribution in [0.5, 0.6) is 0 Å². The van der Waals surface area contributed by atoms with Crippen molar-refractivity contribution in [2.45, 2.75) is 19.4 Å². The van der Waals surface area contributed by atoms with Gasteiger partial charge in [0.25, 0.3) is 0 Å². The van der Waals surface area contributed by atoms with Crippen LogP contribution in [0.2, 0.25) is 0 Å². The monoisotopic (exact) mass is 212 g/mol. The molecule has 0 aliphatic rings. The van der Waals surface area contributed by atoms with Crippen LogP contribution >= 0.6 is 11.5 Å². The van der Waals surface area contributed by atoms with Gasteiger partial charge in [-0.1, -0.05) is 10.6 Å². The van der Waals surface area contributed by atoms with E-state index in [1.165, 1.54) is 6.20 Å². The number of hydrogen-bond donors (Lipinski definition) is 2. The van der Waals surface area contributed by atoms with E-state index in [9.17, 15) is 4.79 Å². The van der Waals surface area contributed by atoms with Crippen molar-refractivity contribution in [3.63, 3.8) is 0 Å². The van der Waals surface area contributed by atoms with Crippen LogP contribution in [0.4, 0.5) is 9.80 Å². The van der Waals surface area contributed by atoms with Gasteiger partial charge in [0.05, 0.1) is 6.20 Å². The highest BCUT2D eigenvalue weighted by Crippen LogP contribution is 2.08. The Morgan fingerprint density at radius 3 is 3.21 bits per heavy atom. The second kappa shape index (κ2) is 5.33. The van der Waals surface area contributed by atoms with Crippen molar-refractivity contribution >= 4 is 22.6 Å². The zero-order chi connectivity index (χ0) is 10.4. The minimum atomic E-state index is -0.245. The molecule has 2 amide bonds. The highest BCUT2D eigenvalue weighted by molar-refractivity contribution is 7.10. The summed E-state index contributed by atoms with van der Waals surface area (Å²) in [6, 6.07) is -0.168. The Labute approximate surface area is 86.4 Å². The first kappa shape index (κ1) is 10.6. The van der Waals surface area contributed by atoms with Crippen molar-refractivity contribution in [3.8, 4) is 0 Å². The van der Waals surface area contributed by atoms with Gasteiger partial charge in [-0.05, 0) is 13.3 Å². The van der Waals surface area contributed by atoms with Gasteiger partial charge in [-0.25, -0.2) is 4.79 Å². The molecule has 0 fully saturated rings. The number of carbonyl (C=O) groups is 1. The lowest BCUT2D eigenvalue weighted by atomic mass is 10.2. The fourth-order valence-electron chi connectivity index (χ4n) is 0.903. The molecule has 0 saturated carbocycles. The Balaban J connectivity index is 2.32. The molecule has 1 aromatic rings. The lowest BCUT2D eigenvalue weighted by Crippen LogP contribution is -2.35. The van der Waals surface area contributed by atoms with Crippen molar-refractivity contribution in [3.05, 3.63) is 18.9 Å². The summed E-state index contributed by atoms with van der Waals surface area (Å²) in [4.78, 5) is 11.3. The molecule has 0 aliphatic carbocycles. The molecule has 6 heteroatoms. The zero-order valence-electron chi connectivity index (χ0n) is 7.86. The molecular formula is C8H12N4OS. The van der Waals surface area contributed by atoms with E-state index < -0.39 is 0 Å². The van der Waals surface area contributed by atoms with Crippen LogP contribution in [0.25, 0.3) is 0 Å². The van der Waals surface area contributed by atoms with Crippen molar-refractivity contribution in [2.75, 3.05) is 5.32 Å². The molecule has 0 radical (unpaired) electrons. The van der Waals surface area contributed by atoms with E-state index in [1.807, 2.05) is 6.92 Å². The number of aromatic nitrogens is 2. The number of anilines is 1. The summed E-state index contributed by atoms with van der Waals surface area (Å²) >= 11 is 1.14. The van der Waals surface area contributed by atoms with E-state index in [0.717, 1.165) is 18.0 Å². The molecule has 0 aromatic carbocycles. The summed E-state index contributed by atoms with van der Waals surface area (Å²) in [5.41, 5.74) is 0. The molecule has 0 aliphatic heterocycles. The maximum atomic E-state index is 11.3. The number of rotatable bonds is 4. The Kier molecular flexibility index (Phi) is 4.06. The largest absolute Gasteiger partial charge is 0.335 e. The molecule has 0 bridgehead atoms. The first-order valence-corrected chi connectivity index (χ1v) is 4.95. The standard InChI is InChI=1S/C8H12N4OS/c1-3-4-6(2)10-8(13)11-7-5-9-12-14-7/h3,5-6H,1,4H2,2H3,(H2,10,11,13)/t6-/m0/s1. The molecule has 0 spiro atoms. The van der Waals surface area contributed by atoms with Gasteiger partial charge in [-0.2, -0.15) is 0 Å². The normalized spacial score (nSPS) is 11.8. The second-order valence-electron chi connectivity index (χ2n) is 2.81. The molecule has 14 heavy (non-hydrogen) atoms. The molecule has 76 valence electrons. The predicted octanol–water partition coefficient (Wildman–Crippen LogP) is 1.62. The quantitative estimate of drug-likeness (QED) is 0.745. The lowest BCUT2D eigenvalue weighted by Gasteiger charge is -2.11. The SMILES string of the molecule is C=CC[C@H](C)NC(=O)Nc1cnns1. The lowest BCUT2D eigenvalue weighted by molar-refractivity contribution is 0.249. The maximum absolute atomic E-state index is 11.3. The molecule has 1 atom stereocenters. The number of urea groups is 1. The summed E-state index contributed by atoms with van der Waals surface area (Å²) in [5.74, 6) is 0. The molecule has 1 heterocycles. The predicted molar refractivity (Wildman–Crippen MR) is 56.3 cm³/mol. The number of carbonyl (C=O) groups excluding carboxylic acids is 1. The highest BCUT2D eigenvalue weighted by atomic mass is 32.1. The fraction of sp³-hybridized carbons (Fsp3) is 0.375. The van der Waals surface area contributed by atoms with Gasteiger partial charge in [0, 0.05) is 17.6 Å². The summed E-state index contributed by atoms with van der Waals surface area (Å²) < 4.78 is 3.62. The summed E-state index contributed by atoms with van der Waals surface area (Å²) in [7, 11) is 0. The van der Waals surface area contributed by atoms with Crippen molar-refractivity contribution < 1.29 is 4.79 Å². The maximum Gasteiger partial charge on any atom is 0.320 e. The van der Waals surface area contributed by atoms with E-state index in [4.69, 9.17) is 0 Å².